The molecule has 0 aliphatic rings. The second-order valence-corrected chi connectivity index (χ2v) is 6.78. The van der Waals surface area contributed by atoms with Crippen molar-refractivity contribution >= 4 is 34.6 Å². The summed E-state index contributed by atoms with van der Waals surface area (Å²) in [5, 5.41) is 17.3. The summed E-state index contributed by atoms with van der Waals surface area (Å²) in [5.41, 5.74) is 2.04. The first-order chi connectivity index (χ1) is 14.1. The molecule has 8 heteroatoms. The van der Waals surface area contributed by atoms with E-state index in [1.54, 1.807) is 36.4 Å². The van der Waals surface area contributed by atoms with Crippen molar-refractivity contribution in [3.05, 3.63) is 64.4 Å². The smallest absolute Gasteiger partial charge is 0.162 e. The number of benzene rings is 2. The van der Waals surface area contributed by atoms with E-state index in [0.29, 0.717) is 29.2 Å². The van der Waals surface area contributed by atoms with Crippen LogP contribution in [-0.2, 0) is 0 Å². The van der Waals surface area contributed by atoms with Crippen LogP contribution in [0.25, 0.3) is 11.4 Å². The minimum atomic E-state index is 0.0904. The van der Waals surface area contributed by atoms with Crippen LogP contribution < -0.4 is 4.74 Å². The summed E-state index contributed by atoms with van der Waals surface area (Å²) in [7, 11) is 0. The van der Waals surface area contributed by atoms with Gasteiger partial charge in [0, 0.05) is 5.56 Å². The Hall–Kier alpha value is -3.01. The lowest BCUT2D eigenvalue weighted by Crippen LogP contribution is -1.95. The fraction of sp³-hybridized carbons (Fsp3) is 0.190. The molecule has 0 fully saturated rings. The third kappa shape index (κ3) is 5.50. The zero-order chi connectivity index (χ0) is 20.6. The van der Waals surface area contributed by atoms with E-state index in [0.717, 1.165) is 18.6 Å². The number of azo groups is 1. The molecule has 3 rings (SSSR count). The monoisotopic (exact) mass is 425 g/mol. The molecule has 0 spiro atoms. The first-order valence-electron chi connectivity index (χ1n) is 8.99. The van der Waals surface area contributed by atoms with Crippen LogP contribution in [0.15, 0.2) is 58.8 Å². The Bertz CT molecular complexity index is 1020. The van der Waals surface area contributed by atoms with Gasteiger partial charge >= 0.3 is 0 Å². The second kappa shape index (κ2) is 9.97. The Kier molecular flexibility index (Phi) is 7.12. The van der Waals surface area contributed by atoms with Crippen LogP contribution in [0.1, 0.15) is 25.3 Å². The number of hydrogen-bond donors (Lipinski definition) is 0. The standard InChI is InChI=1S/C21H17Cl2N5O/c1-2-3-12-29-17-10-8-16(9-11-17)27-28-18-19(22)25-21(26-20(18)23)15-6-4-14(13-24)5-7-15/h4-11H,2-3,12H2,1H3. The molecule has 2 aromatic carbocycles. The summed E-state index contributed by atoms with van der Waals surface area (Å²) < 4.78 is 5.62. The highest BCUT2D eigenvalue weighted by atomic mass is 35.5. The lowest BCUT2D eigenvalue weighted by atomic mass is 10.1. The van der Waals surface area contributed by atoms with Gasteiger partial charge in [-0.2, -0.15) is 10.4 Å². The van der Waals surface area contributed by atoms with Crippen molar-refractivity contribution in [2.75, 3.05) is 6.61 Å². The van der Waals surface area contributed by atoms with E-state index in [4.69, 9.17) is 33.2 Å². The number of unbranched alkanes of at least 4 members (excludes halogenated alkanes) is 1. The minimum Gasteiger partial charge on any atom is -0.494 e. The van der Waals surface area contributed by atoms with Crippen molar-refractivity contribution in [2.24, 2.45) is 10.2 Å². The largest absolute Gasteiger partial charge is 0.494 e. The molecule has 1 aromatic heterocycles. The Balaban J connectivity index is 1.76. The molecule has 0 aliphatic heterocycles. The molecule has 0 bridgehead atoms. The quantitative estimate of drug-likeness (QED) is 0.233. The van der Waals surface area contributed by atoms with Crippen molar-refractivity contribution in [2.45, 2.75) is 19.8 Å². The van der Waals surface area contributed by atoms with E-state index in [1.165, 1.54) is 0 Å². The summed E-state index contributed by atoms with van der Waals surface area (Å²) >= 11 is 12.5. The Morgan fingerprint density at radius 3 is 2.21 bits per heavy atom. The SMILES string of the molecule is CCCCOc1ccc(N=Nc2c(Cl)nc(-c3ccc(C#N)cc3)nc2Cl)cc1. The van der Waals surface area contributed by atoms with Crippen molar-refractivity contribution in [3.63, 3.8) is 0 Å². The molecule has 3 aromatic rings. The van der Waals surface area contributed by atoms with Crippen molar-refractivity contribution in [3.8, 4) is 23.2 Å². The Labute approximate surface area is 178 Å². The average Bonchev–Trinajstić information content (AvgIpc) is 2.74. The summed E-state index contributed by atoms with van der Waals surface area (Å²) in [6, 6.07) is 16.1. The molecule has 0 saturated carbocycles. The molecule has 0 atom stereocenters. The van der Waals surface area contributed by atoms with Crippen LogP contribution in [0, 0.1) is 11.3 Å². The van der Waals surface area contributed by atoms with Gasteiger partial charge in [0.25, 0.3) is 0 Å². The number of rotatable bonds is 7. The van der Waals surface area contributed by atoms with Gasteiger partial charge in [-0.05, 0) is 55.0 Å². The van der Waals surface area contributed by atoms with E-state index >= 15 is 0 Å². The van der Waals surface area contributed by atoms with Crippen LogP contribution in [0.3, 0.4) is 0 Å². The van der Waals surface area contributed by atoms with E-state index in [9.17, 15) is 0 Å². The zero-order valence-electron chi connectivity index (χ0n) is 15.6. The lowest BCUT2D eigenvalue weighted by Gasteiger charge is -2.05. The second-order valence-electron chi connectivity index (χ2n) is 6.06. The van der Waals surface area contributed by atoms with Crippen LogP contribution in [0.2, 0.25) is 10.3 Å². The minimum absolute atomic E-state index is 0.0904. The number of halogens is 2. The van der Waals surface area contributed by atoms with Gasteiger partial charge in [0.05, 0.1) is 23.9 Å². The number of nitriles is 1. The molecule has 6 nitrogen and oxygen atoms in total. The fourth-order valence-corrected chi connectivity index (χ4v) is 2.82. The highest BCUT2D eigenvalue weighted by molar-refractivity contribution is 6.37. The van der Waals surface area contributed by atoms with Crippen LogP contribution in [0.4, 0.5) is 11.4 Å². The number of aromatic nitrogens is 2. The summed E-state index contributed by atoms with van der Waals surface area (Å²) in [6.07, 6.45) is 2.09. The third-order valence-electron chi connectivity index (χ3n) is 3.94. The van der Waals surface area contributed by atoms with Crippen molar-refractivity contribution in [1.29, 1.82) is 5.26 Å². The first kappa shape index (κ1) is 20.7. The molecule has 0 radical (unpaired) electrons. The van der Waals surface area contributed by atoms with Crippen molar-refractivity contribution < 1.29 is 4.74 Å². The van der Waals surface area contributed by atoms with Crippen LogP contribution in [0.5, 0.6) is 5.75 Å². The van der Waals surface area contributed by atoms with Crippen LogP contribution in [-0.4, -0.2) is 16.6 Å². The molecular weight excluding hydrogens is 409 g/mol. The molecule has 0 saturated heterocycles. The number of hydrogen-bond acceptors (Lipinski definition) is 6. The fourth-order valence-electron chi connectivity index (χ4n) is 2.36. The predicted octanol–water partition coefficient (Wildman–Crippen LogP) is 6.92. The lowest BCUT2D eigenvalue weighted by molar-refractivity contribution is 0.309. The molecule has 146 valence electrons. The summed E-state index contributed by atoms with van der Waals surface area (Å²) in [4.78, 5) is 8.48. The molecule has 0 amide bonds. The maximum Gasteiger partial charge on any atom is 0.162 e. The van der Waals surface area contributed by atoms with Gasteiger partial charge in [-0.25, -0.2) is 9.97 Å². The summed E-state index contributed by atoms with van der Waals surface area (Å²) in [6.45, 7) is 2.80. The maximum absolute atomic E-state index is 8.89. The first-order valence-corrected chi connectivity index (χ1v) is 9.74. The van der Waals surface area contributed by atoms with Gasteiger partial charge in [0.15, 0.2) is 21.8 Å². The normalized spacial score (nSPS) is 10.8. The van der Waals surface area contributed by atoms with Crippen LogP contribution >= 0.6 is 23.2 Å². The number of ether oxygens (including phenoxy) is 1. The van der Waals surface area contributed by atoms with Gasteiger partial charge in [-0.3, -0.25) is 0 Å². The number of nitrogens with zero attached hydrogens (tertiary/aromatic N) is 5. The van der Waals surface area contributed by atoms with Gasteiger partial charge < -0.3 is 4.74 Å². The molecular formula is C21H17Cl2N5O. The van der Waals surface area contributed by atoms with Gasteiger partial charge in [-0.1, -0.05) is 36.5 Å². The van der Waals surface area contributed by atoms with E-state index in [1.807, 2.05) is 12.1 Å². The molecule has 0 unspecified atom stereocenters. The molecule has 0 aliphatic carbocycles. The predicted molar refractivity (Wildman–Crippen MR) is 113 cm³/mol. The van der Waals surface area contributed by atoms with Gasteiger partial charge in [-0.15, -0.1) is 5.11 Å². The maximum atomic E-state index is 8.89. The van der Waals surface area contributed by atoms with Crippen molar-refractivity contribution in [1.82, 2.24) is 9.97 Å². The molecule has 29 heavy (non-hydrogen) atoms. The zero-order valence-corrected chi connectivity index (χ0v) is 17.2. The summed E-state index contributed by atoms with van der Waals surface area (Å²) in [5.74, 6) is 1.13. The van der Waals surface area contributed by atoms with E-state index in [2.05, 4.69) is 33.2 Å². The topological polar surface area (TPSA) is 83.5 Å². The molecule has 0 N–H and O–H groups in total. The van der Waals surface area contributed by atoms with Gasteiger partial charge in [0.2, 0.25) is 0 Å². The van der Waals surface area contributed by atoms with E-state index < -0.39 is 0 Å². The molecule has 1 heterocycles. The van der Waals surface area contributed by atoms with E-state index in [-0.39, 0.29) is 16.0 Å². The third-order valence-corrected chi connectivity index (χ3v) is 4.47. The van der Waals surface area contributed by atoms with Gasteiger partial charge in [0.1, 0.15) is 5.75 Å². The Morgan fingerprint density at radius 1 is 0.966 bits per heavy atom. The highest BCUT2D eigenvalue weighted by Gasteiger charge is 2.13. The highest BCUT2D eigenvalue weighted by Crippen LogP contribution is 2.34. The average molecular weight is 426 g/mol. The Morgan fingerprint density at radius 2 is 1.62 bits per heavy atom.